The number of methoxy groups -OCH3 is 5. The molecule has 2 aromatic carbocycles. The van der Waals surface area contributed by atoms with Gasteiger partial charge in [0.2, 0.25) is 5.75 Å². The lowest BCUT2D eigenvalue weighted by Crippen LogP contribution is -2.20. The molecule has 1 aliphatic rings. The average Bonchev–Trinajstić information content (AvgIpc) is 3.11. The molecule has 2 aromatic rings. The molecule has 7 nitrogen and oxygen atoms in total. The first kappa shape index (κ1) is 21.6. The monoisotopic (exact) mass is 416 g/mol. The summed E-state index contributed by atoms with van der Waals surface area (Å²) < 4.78 is 32.3. The summed E-state index contributed by atoms with van der Waals surface area (Å²) in [5.41, 5.74) is 1.98. The van der Waals surface area contributed by atoms with Crippen molar-refractivity contribution in [3.05, 3.63) is 41.5 Å². The van der Waals surface area contributed by atoms with Crippen molar-refractivity contribution in [1.82, 2.24) is 0 Å². The fraction of sp³-hybridized carbons (Fsp3) is 0.435. The molecule has 3 rings (SSSR count). The molecule has 1 aliphatic heterocycles. The largest absolute Gasteiger partial charge is 0.493 e. The molecule has 0 saturated carbocycles. The van der Waals surface area contributed by atoms with Crippen molar-refractivity contribution in [2.75, 3.05) is 42.2 Å². The van der Waals surface area contributed by atoms with Gasteiger partial charge in [0.15, 0.2) is 23.0 Å². The molecule has 0 spiro atoms. The minimum Gasteiger partial charge on any atom is -0.493 e. The van der Waals surface area contributed by atoms with Gasteiger partial charge in [-0.3, -0.25) is 4.79 Å². The van der Waals surface area contributed by atoms with Gasteiger partial charge in [-0.25, -0.2) is 0 Å². The summed E-state index contributed by atoms with van der Waals surface area (Å²) in [6.07, 6.45) is 1.22. The maximum atomic E-state index is 12.5. The summed E-state index contributed by atoms with van der Waals surface area (Å²) in [4.78, 5) is 12.5. The predicted octanol–water partition coefficient (Wildman–Crippen LogP) is 3.30. The van der Waals surface area contributed by atoms with Crippen LogP contribution in [0.3, 0.4) is 0 Å². The molecule has 0 N–H and O–H groups in total. The molecule has 1 saturated heterocycles. The molecule has 1 heterocycles. The van der Waals surface area contributed by atoms with Crippen LogP contribution in [0, 0.1) is 11.8 Å². The van der Waals surface area contributed by atoms with Crippen molar-refractivity contribution < 1.29 is 33.2 Å². The van der Waals surface area contributed by atoms with Crippen LogP contribution in [0.5, 0.6) is 28.7 Å². The Kier molecular flexibility index (Phi) is 6.92. The maximum absolute atomic E-state index is 12.5. The Morgan fingerprint density at radius 2 is 1.37 bits per heavy atom. The zero-order valence-electron chi connectivity index (χ0n) is 18.0. The Labute approximate surface area is 176 Å². The van der Waals surface area contributed by atoms with E-state index in [2.05, 4.69) is 0 Å². The highest BCUT2D eigenvalue weighted by Crippen LogP contribution is 2.40. The first-order valence-electron chi connectivity index (χ1n) is 9.71. The Hall–Kier alpha value is -3.09. The van der Waals surface area contributed by atoms with Crippen LogP contribution in [-0.2, 0) is 22.4 Å². The average molecular weight is 416 g/mol. The van der Waals surface area contributed by atoms with Crippen LogP contribution in [0.2, 0.25) is 0 Å². The minimum absolute atomic E-state index is 0.0506. The lowest BCUT2D eigenvalue weighted by Gasteiger charge is -2.18. The van der Waals surface area contributed by atoms with Crippen molar-refractivity contribution in [1.29, 1.82) is 0 Å². The fourth-order valence-corrected chi connectivity index (χ4v) is 3.87. The fourth-order valence-electron chi connectivity index (χ4n) is 3.87. The topological polar surface area (TPSA) is 72.5 Å². The van der Waals surface area contributed by atoms with Crippen molar-refractivity contribution in [3.8, 4) is 28.7 Å². The second-order valence-electron chi connectivity index (χ2n) is 7.13. The number of benzene rings is 2. The van der Waals surface area contributed by atoms with Gasteiger partial charge in [-0.2, -0.15) is 0 Å². The third-order valence-electron chi connectivity index (χ3n) is 5.44. The maximum Gasteiger partial charge on any atom is 0.309 e. The second kappa shape index (κ2) is 9.61. The molecule has 0 unspecified atom stereocenters. The van der Waals surface area contributed by atoms with Crippen LogP contribution in [0.15, 0.2) is 30.3 Å². The number of ether oxygens (including phenoxy) is 6. The third kappa shape index (κ3) is 4.40. The van der Waals surface area contributed by atoms with E-state index in [-0.39, 0.29) is 17.8 Å². The summed E-state index contributed by atoms with van der Waals surface area (Å²) in [7, 11) is 7.93. The summed E-state index contributed by atoms with van der Waals surface area (Å²) in [5.74, 6) is 2.60. The van der Waals surface area contributed by atoms with Gasteiger partial charge in [0.05, 0.1) is 48.1 Å². The summed E-state index contributed by atoms with van der Waals surface area (Å²) in [5, 5.41) is 0. The van der Waals surface area contributed by atoms with E-state index in [0.717, 1.165) is 11.1 Å². The van der Waals surface area contributed by atoms with Crippen LogP contribution in [0.25, 0.3) is 0 Å². The van der Waals surface area contributed by atoms with E-state index in [9.17, 15) is 4.79 Å². The number of carbonyl (C=O) groups excluding carboxylic acids is 1. The van der Waals surface area contributed by atoms with Crippen LogP contribution >= 0.6 is 0 Å². The Morgan fingerprint density at radius 3 is 1.93 bits per heavy atom. The molecular weight excluding hydrogens is 388 g/mol. The van der Waals surface area contributed by atoms with Crippen molar-refractivity contribution in [3.63, 3.8) is 0 Å². The van der Waals surface area contributed by atoms with Gasteiger partial charge in [0.1, 0.15) is 0 Å². The van der Waals surface area contributed by atoms with Crippen molar-refractivity contribution in [2.24, 2.45) is 11.8 Å². The summed E-state index contributed by atoms with van der Waals surface area (Å²) in [6, 6.07) is 9.56. The lowest BCUT2D eigenvalue weighted by atomic mass is 9.85. The van der Waals surface area contributed by atoms with Crippen LogP contribution in [0.4, 0.5) is 0 Å². The Balaban J connectivity index is 1.82. The van der Waals surface area contributed by atoms with Gasteiger partial charge in [-0.05, 0) is 48.2 Å². The quantitative estimate of drug-likeness (QED) is 0.581. The van der Waals surface area contributed by atoms with Gasteiger partial charge >= 0.3 is 5.97 Å². The van der Waals surface area contributed by atoms with E-state index in [0.29, 0.717) is 48.2 Å². The van der Waals surface area contributed by atoms with Gasteiger partial charge in [-0.1, -0.05) is 6.07 Å². The number of cyclic esters (lactones) is 1. The zero-order valence-corrected chi connectivity index (χ0v) is 18.0. The van der Waals surface area contributed by atoms with Gasteiger partial charge in [-0.15, -0.1) is 0 Å². The third-order valence-corrected chi connectivity index (χ3v) is 5.44. The molecule has 0 amide bonds. The molecule has 0 radical (unpaired) electrons. The molecule has 7 heteroatoms. The van der Waals surface area contributed by atoms with Crippen LogP contribution < -0.4 is 23.7 Å². The SMILES string of the molecule is COc1ccc(C[C@H]2COC(=O)[C@@H]2Cc2cc(OC)c(OC)c(OC)c2)cc1OC. The van der Waals surface area contributed by atoms with Crippen LogP contribution in [0.1, 0.15) is 11.1 Å². The molecule has 0 aliphatic carbocycles. The molecule has 162 valence electrons. The normalized spacial score (nSPS) is 18.0. The molecule has 2 atom stereocenters. The smallest absolute Gasteiger partial charge is 0.309 e. The number of hydrogen-bond acceptors (Lipinski definition) is 7. The van der Waals surface area contributed by atoms with Gasteiger partial charge in [0, 0.05) is 5.92 Å². The van der Waals surface area contributed by atoms with Gasteiger partial charge in [0.25, 0.3) is 0 Å². The predicted molar refractivity (Wildman–Crippen MR) is 111 cm³/mol. The first-order valence-corrected chi connectivity index (χ1v) is 9.71. The molecular formula is C23H28O7. The van der Waals surface area contributed by atoms with E-state index in [1.165, 1.54) is 0 Å². The number of carbonyl (C=O) groups is 1. The Morgan fingerprint density at radius 1 is 0.767 bits per heavy atom. The van der Waals surface area contributed by atoms with Crippen molar-refractivity contribution in [2.45, 2.75) is 12.8 Å². The molecule has 0 bridgehead atoms. The first-order chi connectivity index (χ1) is 14.5. The summed E-state index contributed by atoms with van der Waals surface area (Å²) >= 11 is 0. The number of hydrogen-bond donors (Lipinski definition) is 0. The van der Waals surface area contributed by atoms with E-state index < -0.39 is 0 Å². The van der Waals surface area contributed by atoms with Crippen LogP contribution in [-0.4, -0.2) is 48.1 Å². The van der Waals surface area contributed by atoms with E-state index in [1.807, 2.05) is 30.3 Å². The lowest BCUT2D eigenvalue weighted by molar-refractivity contribution is -0.141. The highest BCUT2D eigenvalue weighted by atomic mass is 16.5. The minimum atomic E-state index is -0.263. The van der Waals surface area contributed by atoms with Crippen molar-refractivity contribution >= 4 is 5.97 Å². The second-order valence-corrected chi connectivity index (χ2v) is 7.13. The summed E-state index contributed by atoms with van der Waals surface area (Å²) in [6.45, 7) is 0.391. The molecule has 30 heavy (non-hydrogen) atoms. The standard InChI is InChI=1S/C23H28O7/c1-25-18-7-6-14(10-19(18)26-2)8-16-13-30-23(24)17(16)9-15-11-20(27-3)22(29-5)21(12-15)28-4/h6-7,10-12,16-17H,8-9,13H2,1-5H3/t16-,17+/m0/s1. The number of rotatable bonds is 9. The van der Waals surface area contributed by atoms with Gasteiger partial charge < -0.3 is 28.4 Å². The Bertz CT molecular complexity index is 868. The number of esters is 1. The highest BCUT2D eigenvalue weighted by Gasteiger charge is 2.37. The van der Waals surface area contributed by atoms with E-state index >= 15 is 0 Å². The van der Waals surface area contributed by atoms with E-state index in [1.54, 1.807) is 35.5 Å². The molecule has 1 fully saturated rings. The highest BCUT2D eigenvalue weighted by molar-refractivity contribution is 5.75. The van der Waals surface area contributed by atoms with E-state index in [4.69, 9.17) is 28.4 Å². The molecule has 0 aromatic heterocycles. The zero-order chi connectivity index (χ0) is 21.7.